The van der Waals surface area contributed by atoms with Crippen LogP contribution >= 0.6 is 0 Å². The summed E-state index contributed by atoms with van der Waals surface area (Å²) in [6.07, 6.45) is 12.6. The average Bonchev–Trinajstić information content (AvgIpc) is 2.90. The monoisotopic (exact) mass is 376 g/mol. The lowest BCUT2D eigenvalue weighted by molar-refractivity contribution is -0.0121. The van der Waals surface area contributed by atoms with Gasteiger partial charge in [0.25, 0.3) is 0 Å². The van der Waals surface area contributed by atoms with Gasteiger partial charge in [-0.1, -0.05) is 19.4 Å². The summed E-state index contributed by atoms with van der Waals surface area (Å²) >= 11 is 0. The third kappa shape index (κ3) is 2.92. The molecule has 0 unspecified atom stereocenters. The summed E-state index contributed by atoms with van der Waals surface area (Å²) in [6, 6.07) is 6.13. The number of rotatable bonds is 3. The molecule has 6 heteroatoms. The summed E-state index contributed by atoms with van der Waals surface area (Å²) in [5, 5.41) is 0. The highest BCUT2D eigenvalue weighted by Crippen LogP contribution is 2.61. The van der Waals surface area contributed by atoms with Crippen LogP contribution in [0, 0.1) is 29.8 Å². The van der Waals surface area contributed by atoms with Gasteiger partial charge in [-0.2, -0.15) is 8.42 Å². The summed E-state index contributed by atoms with van der Waals surface area (Å²) in [6.45, 7) is 2.14. The maximum Gasteiger partial charge on any atom is 0.397 e. The molecular formula is C20H24O5S. The number of terminal acetylenes is 1. The van der Waals surface area contributed by atoms with E-state index in [1.807, 2.05) is 6.07 Å². The fraction of sp³-hybridized carbons (Fsp3) is 0.600. The minimum Gasteiger partial charge on any atom is -0.408 e. The zero-order valence-electron chi connectivity index (χ0n) is 14.8. The van der Waals surface area contributed by atoms with Crippen LogP contribution in [-0.2, 0) is 21.0 Å². The van der Waals surface area contributed by atoms with E-state index in [1.165, 1.54) is 11.1 Å². The van der Waals surface area contributed by atoms with Crippen LogP contribution in [0.15, 0.2) is 18.2 Å². The molecule has 140 valence electrons. The van der Waals surface area contributed by atoms with Crippen molar-refractivity contribution in [1.82, 2.24) is 0 Å². The quantitative estimate of drug-likeness (QED) is 0.643. The van der Waals surface area contributed by atoms with Gasteiger partial charge in [-0.3, -0.25) is 4.55 Å². The molecule has 5 nitrogen and oxygen atoms in total. The first-order valence-electron chi connectivity index (χ1n) is 9.23. The highest BCUT2D eigenvalue weighted by molar-refractivity contribution is 7.80. The first kappa shape index (κ1) is 17.8. The van der Waals surface area contributed by atoms with Crippen molar-refractivity contribution in [3.05, 3.63) is 29.3 Å². The zero-order valence-corrected chi connectivity index (χ0v) is 15.7. The molecule has 0 bridgehead atoms. The van der Waals surface area contributed by atoms with E-state index in [9.17, 15) is 8.42 Å². The Morgan fingerprint density at radius 1 is 1.27 bits per heavy atom. The lowest BCUT2D eigenvalue weighted by atomic mass is 9.55. The first-order valence-corrected chi connectivity index (χ1v) is 10.6. The van der Waals surface area contributed by atoms with Crippen LogP contribution in [0.4, 0.5) is 0 Å². The molecule has 0 amide bonds. The number of benzene rings is 1. The van der Waals surface area contributed by atoms with Crippen molar-refractivity contribution in [1.29, 1.82) is 0 Å². The smallest absolute Gasteiger partial charge is 0.397 e. The van der Waals surface area contributed by atoms with Crippen LogP contribution in [-0.4, -0.2) is 19.1 Å². The minimum atomic E-state index is -4.41. The molecular weight excluding hydrogens is 352 g/mol. The van der Waals surface area contributed by atoms with Crippen LogP contribution in [0.25, 0.3) is 0 Å². The summed E-state index contributed by atoms with van der Waals surface area (Å²) in [4.78, 5) is 0. The van der Waals surface area contributed by atoms with Gasteiger partial charge >= 0.3 is 10.4 Å². The molecule has 1 aromatic carbocycles. The van der Waals surface area contributed by atoms with Crippen molar-refractivity contribution in [3.63, 3.8) is 0 Å². The maximum atomic E-state index is 11.2. The first-order chi connectivity index (χ1) is 12.3. The molecule has 0 radical (unpaired) electrons. The van der Waals surface area contributed by atoms with E-state index in [1.54, 1.807) is 0 Å². The van der Waals surface area contributed by atoms with Gasteiger partial charge in [0, 0.05) is 0 Å². The molecule has 0 spiro atoms. The second kappa shape index (κ2) is 6.26. The fourth-order valence-electron chi connectivity index (χ4n) is 5.95. The Morgan fingerprint density at radius 3 is 2.81 bits per heavy atom. The number of ether oxygens (including phenoxy) is 1. The second-order valence-corrected chi connectivity index (χ2v) is 9.18. The second-order valence-electron chi connectivity index (χ2n) is 8.13. The van der Waals surface area contributed by atoms with E-state index in [2.05, 4.69) is 25.2 Å². The molecule has 4 rings (SSSR count). The Morgan fingerprint density at radius 2 is 2.08 bits per heavy atom. The van der Waals surface area contributed by atoms with Crippen molar-refractivity contribution >= 4 is 10.4 Å². The van der Waals surface area contributed by atoms with Crippen molar-refractivity contribution in [2.75, 3.05) is 0 Å². The van der Waals surface area contributed by atoms with Crippen molar-refractivity contribution in [3.8, 4) is 18.3 Å². The molecule has 26 heavy (non-hydrogen) atoms. The van der Waals surface area contributed by atoms with Gasteiger partial charge in [0.2, 0.25) is 0 Å². The van der Waals surface area contributed by atoms with Gasteiger partial charge in [-0.05, 0) is 85.0 Å². The topological polar surface area (TPSA) is 72.8 Å². The Balaban J connectivity index is 1.60. The largest absolute Gasteiger partial charge is 0.408 e. The summed E-state index contributed by atoms with van der Waals surface area (Å²) in [5.41, 5.74) is 2.50. The van der Waals surface area contributed by atoms with Crippen molar-refractivity contribution < 1.29 is 21.9 Å². The van der Waals surface area contributed by atoms with Crippen LogP contribution in [0.2, 0.25) is 0 Å². The Hall–Kier alpha value is -1.55. The van der Waals surface area contributed by atoms with Gasteiger partial charge in [0.15, 0.2) is 0 Å². The predicted octanol–water partition coefficient (Wildman–Crippen LogP) is 3.70. The number of fused-ring (bicyclic) bond motifs is 5. The van der Waals surface area contributed by atoms with E-state index in [0.29, 0.717) is 29.9 Å². The Labute approximate surface area is 155 Å². The van der Waals surface area contributed by atoms with E-state index < -0.39 is 16.5 Å². The molecule has 0 heterocycles. The normalized spacial score (nSPS) is 35.7. The minimum absolute atomic E-state index is 0.193. The van der Waals surface area contributed by atoms with Gasteiger partial charge in [-0.15, -0.1) is 0 Å². The van der Waals surface area contributed by atoms with Gasteiger partial charge < -0.3 is 4.74 Å². The van der Waals surface area contributed by atoms with E-state index in [-0.39, 0.29) is 5.41 Å². The van der Waals surface area contributed by atoms with E-state index in [0.717, 1.165) is 32.1 Å². The average molecular weight is 376 g/mol. The van der Waals surface area contributed by atoms with E-state index in [4.69, 9.17) is 19.9 Å². The lowest BCUT2D eigenvalue weighted by Crippen LogP contribution is -2.45. The summed E-state index contributed by atoms with van der Waals surface area (Å²) < 4.78 is 41.9. The highest BCUT2D eigenvalue weighted by atomic mass is 32.3. The number of aryl methyl sites for hydroxylation is 1. The predicted molar refractivity (Wildman–Crippen MR) is 96.9 cm³/mol. The Bertz CT molecular complexity index is 855. The van der Waals surface area contributed by atoms with E-state index >= 15 is 0 Å². The van der Waals surface area contributed by atoms with Crippen LogP contribution in [0.3, 0.4) is 0 Å². The maximum absolute atomic E-state index is 11.2. The zero-order chi connectivity index (χ0) is 18.5. The highest BCUT2D eigenvalue weighted by Gasteiger charge is 2.56. The summed E-state index contributed by atoms with van der Waals surface area (Å²) in [5.74, 6) is 2.15. The van der Waals surface area contributed by atoms with Gasteiger partial charge in [-0.25, -0.2) is 4.18 Å². The van der Waals surface area contributed by atoms with Gasteiger partial charge in [0.05, 0.1) is 6.10 Å². The van der Waals surface area contributed by atoms with Gasteiger partial charge in [0.1, 0.15) is 11.9 Å². The SMILES string of the molecule is C#COc1ccc2c(c1)CC[C@@H]1[C@@H]2CC[C@]2(C)[C@H](OS(=O)(=O)O)CC[C@@H]12. The van der Waals surface area contributed by atoms with Crippen LogP contribution in [0.5, 0.6) is 5.75 Å². The number of hydrogen-bond acceptors (Lipinski definition) is 4. The third-order valence-electron chi connectivity index (χ3n) is 7.03. The van der Waals surface area contributed by atoms with Crippen LogP contribution < -0.4 is 4.74 Å². The number of hydrogen-bond donors (Lipinski definition) is 1. The lowest BCUT2D eigenvalue weighted by Gasteiger charge is -2.50. The molecule has 3 aliphatic carbocycles. The third-order valence-corrected chi connectivity index (χ3v) is 7.50. The van der Waals surface area contributed by atoms with Crippen molar-refractivity contribution in [2.24, 2.45) is 17.3 Å². The molecule has 1 aromatic rings. The summed E-state index contributed by atoms with van der Waals surface area (Å²) in [7, 11) is -4.41. The fourth-order valence-corrected chi connectivity index (χ4v) is 6.56. The molecule has 2 fully saturated rings. The molecule has 2 saturated carbocycles. The van der Waals surface area contributed by atoms with Crippen LogP contribution in [0.1, 0.15) is 56.1 Å². The molecule has 5 atom stereocenters. The Kier molecular flexibility index (Phi) is 4.30. The molecule has 3 aliphatic rings. The van der Waals surface area contributed by atoms with Crippen molar-refractivity contribution in [2.45, 2.75) is 57.5 Å². The molecule has 1 N–H and O–H groups in total. The molecule has 0 saturated heterocycles. The molecule has 0 aromatic heterocycles. The molecule has 0 aliphatic heterocycles. The standard InChI is InChI=1S/C20H24O5S/c1-3-24-14-5-7-15-13(12-14)4-6-17-16(15)10-11-20(2)18(17)8-9-19(20)25-26(21,22)23/h1,5,7,12,16-19H,4,6,8-11H2,2H3,(H,21,22,23)/t16-,17-,18+,19-,20+/m1/s1.